The maximum atomic E-state index is 2.85. The van der Waals surface area contributed by atoms with E-state index in [1.165, 1.54) is 189 Å². The molecule has 0 amide bonds. The molecule has 2 aliphatic heterocycles. The Hall–Kier alpha value is -9.90. The van der Waals surface area contributed by atoms with Gasteiger partial charge in [-0.2, -0.15) is 0 Å². The molecule has 15 rings (SSSR count). The number of rotatable bonds is 8. The van der Waals surface area contributed by atoms with Gasteiger partial charge in [0.25, 0.3) is 6.71 Å². The van der Waals surface area contributed by atoms with Gasteiger partial charge < -0.3 is 14.4 Å². The van der Waals surface area contributed by atoms with Crippen LogP contribution in [0.25, 0.3) is 83.1 Å². The highest BCUT2D eigenvalue weighted by Crippen LogP contribution is 2.58. The second kappa shape index (κ2) is 30.9. The molecule has 12 aromatic carbocycles. The fourth-order valence-corrected chi connectivity index (χ4v) is 19.4. The minimum atomic E-state index is -0.389. The molecule has 13 aromatic rings. The summed E-state index contributed by atoms with van der Waals surface area (Å²) in [6.07, 6.45) is 0. The number of benzene rings is 12. The molecule has 4 heteroatoms. The number of hydrogen-bond acceptors (Lipinski definition) is 2. The summed E-state index contributed by atoms with van der Waals surface area (Å²) in [5.41, 5.74) is 41.2. The van der Waals surface area contributed by atoms with E-state index in [-0.39, 0.29) is 77.1 Å². The van der Waals surface area contributed by atoms with Crippen LogP contribution < -0.4 is 26.2 Å². The summed E-state index contributed by atoms with van der Waals surface area (Å²) in [6, 6.07) is 88.2. The van der Waals surface area contributed by atoms with Gasteiger partial charge in [-0.05, 0) is 271 Å². The highest BCUT2D eigenvalue weighted by atomic mass is 15.2. The summed E-state index contributed by atoms with van der Waals surface area (Å²) in [6.45, 7) is 93.0. The van der Waals surface area contributed by atoms with E-state index in [0.29, 0.717) is 0 Å². The summed E-state index contributed by atoms with van der Waals surface area (Å²) >= 11 is 0. The van der Waals surface area contributed by atoms with Gasteiger partial charge in [0.05, 0.1) is 22.4 Å². The van der Waals surface area contributed by atoms with Crippen LogP contribution >= 0.6 is 0 Å². The van der Waals surface area contributed by atoms with E-state index in [1.807, 2.05) is 0 Å². The Morgan fingerprint density at radius 3 is 0.859 bits per heavy atom. The van der Waals surface area contributed by atoms with Gasteiger partial charge in [-0.1, -0.05) is 403 Å². The topological polar surface area (TPSA) is 11.4 Å². The van der Waals surface area contributed by atoms with Crippen molar-refractivity contribution >= 4 is 79.0 Å². The molecule has 0 saturated carbocycles. The number of nitrogens with zero attached hydrogens (tertiary/aromatic N) is 3. The van der Waals surface area contributed by atoms with Crippen molar-refractivity contribution in [1.29, 1.82) is 0 Å². The lowest BCUT2D eigenvalue weighted by Gasteiger charge is -2.47. The molecule has 0 aliphatic carbocycles. The molecular formula is C124H152BN3. The van der Waals surface area contributed by atoms with Crippen molar-refractivity contribution < 1.29 is 0 Å². The van der Waals surface area contributed by atoms with Crippen LogP contribution in [0, 0.1) is 0 Å². The monoisotopic (exact) mass is 1690 g/mol. The summed E-state index contributed by atoms with van der Waals surface area (Å²) in [5, 5.41) is 2.54. The van der Waals surface area contributed by atoms with Crippen LogP contribution in [0.15, 0.2) is 212 Å². The zero-order chi connectivity index (χ0) is 93.9. The molecule has 1 aromatic heterocycles. The fourth-order valence-electron chi connectivity index (χ4n) is 19.4. The van der Waals surface area contributed by atoms with Crippen LogP contribution in [0.2, 0.25) is 0 Å². The van der Waals surface area contributed by atoms with Gasteiger partial charge in [-0.25, -0.2) is 0 Å². The van der Waals surface area contributed by atoms with Crippen molar-refractivity contribution in [3.8, 4) is 61.3 Å². The predicted octanol–water partition coefficient (Wildman–Crippen LogP) is 34.1. The largest absolute Gasteiger partial charge is 0.310 e. The molecule has 0 fully saturated rings. The third-order valence-electron chi connectivity index (χ3n) is 28.2. The second-order valence-electron chi connectivity index (χ2n) is 52.0. The molecule has 3 nitrogen and oxygen atoms in total. The Kier molecular flexibility index (Phi) is 22.4. The van der Waals surface area contributed by atoms with Crippen molar-refractivity contribution in [3.05, 3.63) is 285 Å². The molecule has 3 heterocycles. The molecular weight excluding hydrogens is 1540 g/mol. The van der Waals surface area contributed by atoms with Gasteiger partial charge in [0.15, 0.2) is 0 Å². The zero-order valence-corrected chi connectivity index (χ0v) is 86.1. The van der Waals surface area contributed by atoms with Gasteiger partial charge in [-0.15, -0.1) is 0 Å². The smallest absolute Gasteiger partial charge is 0.252 e. The van der Waals surface area contributed by atoms with E-state index in [1.54, 1.807) is 0 Å². The Morgan fingerprint density at radius 1 is 0.188 bits per heavy atom. The van der Waals surface area contributed by atoms with Gasteiger partial charge in [0, 0.05) is 61.5 Å². The summed E-state index contributed by atoms with van der Waals surface area (Å²) in [5.74, 6) is 0. The molecule has 0 saturated heterocycles. The van der Waals surface area contributed by atoms with Crippen molar-refractivity contribution in [3.63, 3.8) is 0 Å². The zero-order valence-electron chi connectivity index (χ0n) is 86.1. The number of anilines is 6. The van der Waals surface area contributed by atoms with E-state index in [9.17, 15) is 0 Å². The lowest BCUT2D eigenvalue weighted by atomic mass is 9.33. The minimum Gasteiger partial charge on any atom is -0.310 e. The fraction of sp³-hybridized carbons (Fsp3) is 0.419. The van der Waals surface area contributed by atoms with E-state index >= 15 is 0 Å². The first kappa shape index (κ1) is 92.8. The van der Waals surface area contributed by atoms with Crippen molar-refractivity contribution in [2.75, 3.05) is 9.80 Å². The third-order valence-corrected chi connectivity index (χ3v) is 28.2. The first-order valence-electron chi connectivity index (χ1n) is 47.9. The van der Waals surface area contributed by atoms with Crippen molar-refractivity contribution in [1.82, 2.24) is 4.57 Å². The Labute approximate surface area is 774 Å². The molecule has 0 radical (unpaired) electrons. The second-order valence-corrected chi connectivity index (χ2v) is 52.0. The lowest BCUT2D eigenvalue weighted by Crippen LogP contribution is -2.61. The predicted molar refractivity (Wildman–Crippen MR) is 565 cm³/mol. The Balaban J connectivity index is 1.22. The molecule has 666 valence electrons. The van der Waals surface area contributed by atoms with E-state index in [4.69, 9.17) is 0 Å². The standard InChI is InChI=1S/C124H152BN3/c1-112(2,3)80-45-40-75(41-46-80)94-67-89(121(28,29)30)69-96(79-60-87(119(22,23)24)64-88(61-79)120(25,26)27)110(94)128-106-74-92(126-103-56-50-82(114(7,8)9)65-97(103)98-66-83(115(10,11)12)51-57-104(98)126)52-55-102(106)125-101-54-44-77(78-58-85(117(16,17)18)63-86(59-78)118(19,20)21)62-105(101)127(107-72-91(123(34,35)36)73-108(128)109(107)125)111-95(76-42-47-81(48-43-76)113(4,5)6)68-90(122(31,32)33)70-99(111)93-53-49-84(116(13,14)15)71-100(93)124(37,38)39/h40-74H,1-39H3. The van der Waals surface area contributed by atoms with Gasteiger partial charge >= 0.3 is 0 Å². The van der Waals surface area contributed by atoms with Crippen LogP contribution in [-0.2, 0) is 70.4 Å². The highest BCUT2D eigenvalue weighted by Gasteiger charge is 2.48. The third kappa shape index (κ3) is 17.4. The SMILES string of the molecule is CC(C)(C)c1ccc(-c2cc(C(C)(C)C)cc(-c3cc(C(C)(C)C)cc(C(C)(C)C)c3)c2N2c3cc(-n4c5ccc(C(C)(C)C)cc5c5cc(C(C)(C)C)ccc54)ccc3B3c4ccc(-c5cc(C(C)(C)C)cc(C(C)(C)C)c5)cc4N(c4c(-c5ccc(C(C)(C)C)cc5)cc(C(C)(C)C)cc4-c4ccc(C(C)(C)C)cc4C(C)(C)C)c4cc(C(C)(C)C)cc2c43)cc1. The molecule has 0 spiro atoms. The van der Waals surface area contributed by atoms with Crippen LogP contribution in [-0.4, -0.2) is 11.3 Å². The summed E-state index contributed by atoms with van der Waals surface area (Å²) < 4.78 is 2.62. The normalized spacial score (nSPS) is 14.2. The summed E-state index contributed by atoms with van der Waals surface area (Å²) in [4.78, 5) is 5.70. The highest BCUT2D eigenvalue weighted by molar-refractivity contribution is 7.00. The molecule has 0 N–H and O–H groups in total. The number of aromatic nitrogens is 1. The molecule has 128 heavy (non-hydrogen) atoms. The van der Waals surface area contributed by atoms with E-state index in [2.05, 4.69) is 497 Å². The van der Waals surface area contributed by atoms with Gasteiger partial charge in [0.2, 0.25) is 0 Å². The minimum absolute atomic E-state index is 0.0807. The number of fused-ring (bicyclic) bond motifs is 7. The average molecular weight is 1700 g/mol. The van der Waals surface area contributed by atoms with Crippen molar-refractivity contribution in [2.45, 2.75) is 340 Å². The first-order valence-corrected chi connectivity index (χ1v) is 47.9. The quantitative estimate of drug-likeness (QED) is 0.141. The van der Waals surface area contributed by atoms with Crippen molar-refractivity contribution in [2.24, 2.45) is 0 Å². The van der Waals surface area contributed by atoms with E-state index in [0.717, 1.165) is 17.1 Å². The summed E-state index contributed by atoms with van der Waals surface area (Å²) in [7, 11) is 0. The van der Waals surface area contributed by atoms with Gasteiger partial charge in [-0.3, -0.25) is 0 Å². The van der Waals surface area contributed by atoms with Crippen LogP contribution in [0.3, 0.4) is 0 Å². The molecule has 0 atom stereocenters. The Morgan fingerprint density at radius 2 is 0.484 bits per heavy atom. The van der Waals surface area contributed by atoms with Crippen LogP contribution in [0.5, 0.6) is 0 Å². The maximum Gasteiger partial charge on any atom is 0.252 e. The average Bonchev–Trinajstić information content (AvgIpc) is 0.720. The molecule has 2 aliphatic rings. The van der Waals surface area contributed by atoms with E-state index < -0.39 is 0 Å². The number of hydrogen-bond donors (Lipinski definition) is 0. The maximum absolute atomic E-state index is 2.85. The molecule has 0 unspecified atom stereocenters. The Bertz CT molecular complexity index is 6400. The first-order chi connectivity index (χ1) is 58.6. The van der Waals surface area contributed by atoms with Crippen LogP contribution in [0.1, 0.15) is 342 Å². The van der Waals surface area contributed by atoms with Crippen LogP contribution in [0.4, 0.5) is 34.1 Å². The molecule has 0 bridgehead atoms. The van der Waals surface area contributed by atoms with Gasteiger partial charge in [0.1, 0.15) is 0 Å². The lowest BCUT2D eigenvalue weighted by molar-refractivity contribution is 0.568.